The summed E-state index contributed by atoms with van der Waals surface area (Å²) in [6, 6.07) is 7.09. The fourth-order valence-electron chi connectivity index (χ4n) is 1.17. The number of hydrogen-bond donors (Lipinski definition) is 2. The summed E-state index contributed by atoms with van der Waals surface area (Å²) in [4.78, 5) is 13.4. The molecule has 0 fully saturated rings. The lowest BCUT2D eigenvalue weighted by Gasteiger charge is -2.18. The van der Waals surface area contributed by atoms with Crippen LogP contribution in [0.3, 0.4) is 0 Å². The fourth-order valence-corrected chi connectivity index (χ4v) is 1.17. The van der Waals surface area contributed by atoms with E-state index in [2.05, 4.69) is 11.9 Å². The van der Waals surface area contributed by atoms with E-state index in [1.54, 1.807) is 29.2 Å². The second-order valence-corrected chi connectivity index (χ2v) is 3.76. The van der Waals surface area contributed by atoms with Crippen LogP contribution in [0, 0.1) is 0 Å². The standard InChI is InChI=1S/C12H17N3O/c1-9(2)15(3)8-12(16)14-11-6-4-5-10(13)7-11/h4-7H,1,8,13H2,2-3H3,(H,14,16). The highest BCUT2D eigenvalue weighted by atomic mass is 16.2. The molecule has 0 aliphatic rings. The first-order chi connectivity index (χ1) is 7.49. The van der Waals surface area contributed by atoms with Crippen LogP contribution in [-0.4, -0.2) is 24.4 Å². The molecule has 4 nitrogen and oxygen atoms in total. The predicted octanol–water partition coefficient (Wildman–Crippen LogP) is 1.67. The number of anilines is 2. The summed E-state index contributed by atoms with van der Waals surface area (Å²) in [5.74, 6) is -0.0869. The van der Waals surface area contributed by atoms with Crippen molar-refractivity contribution in [2.45, 2.75) is 6.92 Å². The Balaban J connectivity index is 2.55. The third-order valence-electron chi connectivity index (χ3n) is 2.20. The van der Waals surface area contributed by atoms with Crippen LogP contribution in [0.4, 0.5) is 11.4 Å². The Morgan fingerprint density at radius 2 is 2.25 bits per heavy atom. The predicted molar refractivity (Wildman–Crippen MR) is 66.9 cm³/mol. The van der Waals surface area contributed by atoms with Crippen LogP contribution in [0.2, 0.25) is 0 Å². The van der Waals surface area contributed by atoms with Gasteiger partial charge in [0, 0.05) is 24.1 Å². The van der Waals surface area contributed by atoms with Gasteiger partial charge in [0.25, 0.3) is 0 Å². The van der Waals surface area contributed by atoms with Gasteiger partial charge >= 0.3 is 0 Å². The Labute approximate surface area is 95.7 Å². The van der Waals surface area contributed by atoms with E-state index < -0.39 is 0 Å². The molecule has 0 unspecified atom stereocenters. The van der Waals surface area contributed by atoms with Gasteiger partial charge in [0.1, 0.15) is 0 Å². The van der Waals surface area contributed by atoms with Gasteiger partial charge in [-0.15, -0.1) is 0 Å². The molecule has 1 aromatic rings. The summed E-state index contributed by atoms with van der Waals surface area (Å²) in [6.45, 7) is 5.89. The van der Waals surface area contributed by atoms with E-state index >= 15 is 0 Å². The maximum absolute atomic E-state index is 11.6. The second kappa shape index (κ2) is 5.21. The Morgan fingerprint density at radius 3 is 2.81 bits per heavy atom. The summed E-state index contributed by atoms with van der Waals surface area (Å²) in [5, 5.41) is 2.77. The molecule has 0 radical (unpaired) electrons. The first-order valence-corrected chi connectivity index (χ1v) is 5.01. The van der Waals surface area contributed by atoms with Crippen LogP contribution >= 0.6 is 0 Å². The molecule has 0 spiro atoms. The first-order valence-electron chi connectivity index (χ1n) is 5.01. The van der Waals surface area contributed by atoms with Crippen molar-refractivity contribution >= 4 is 17.3 Å². The van der Waals surface area contributed by atoms with Crippen LogP contribution in [0.25, 0.3) is 0 Å². The lowest BCUT2D eigenvalue weighted by atomic mass is 10.3. The number of nitrogens with one attached hydrogen (secondary N) is 1. The van der Waals surface area contributed by atoms with Crippen LogP contribution < -0.4 is 11.1 Å². The molecule has 0 aromatic heterocycles. The van der Waals surface area contributed by atoms with Crippen molar-refractivity contribution in [2.24, 2.45) is 0 Å². The first kappa shape index (κ1) is 12.1. The number of likely N-dealkylation sites (N-methyl/N-ethyl adjacent to an activating group) is 1. The van der Waals surface area contributed by atoms with Crippen LogP contribution in [-0.2, 0) is 4.79 Å². The highest BCUT2D eigenvalue weighted by molar-refractivity contribution is 5.92. The molecule has 16 heavy (non-hydrogen) atoms. The molecule has 3 N–H and O–H groups in total. The molecule has 0 atom stereocenters. The number of amides is 1. The number of hydrogen-bond acceptors (Lipinski definition) is 3. The molecule has 4 heteroatoms. The number of allylic oxidation sites excluding steroid dienone is 1. The third-order valence-corrected chi connectivity index (χ3v) is 2.20. The number of carbonyl (C=O) groups excluding carboxylic acids is 1. The Kier molecular flexibility index (Phi) is 3.94. The van der Waals surface area contributed by atoms with Gasteiger partial charge in [-0.25, -0.2) is 0 Å². The number of rotatable bonds is 4. The smallest absolute Gasteiger partial charge is 0.243 e. The number of carbonyl (C=O) groups is 1. The topological polar surface area (TPSA) is 58.4 Å². The van der Waals surface area contributed by atoms with E-state index in [0.29, 0.717) is 11.4 Å². The number of nitrogen functional groups attached to an aromatic ring is 1. The van der Waals surface area contributed by atoms with E-state index in [4.69, 9.17) is 5.73 Å². The van der Waals surface area contributed by atoms with E-state index in [9.17, 15) is 4.79 Å². The zero-order chi connectivity index (χ0) is 12.1. The summed E-state index contributed by atoms with van der Waals surface area (Å²) in [7, 11) is 1.82. The van der Waals surface area contributed by atoms with Crippen molar-refractivity contribution < 1.29 is 4.79 Å². The minimum atomic E-state index is -0.0869. The normalized spacial score (nSPS) is 9.62. The van der Waals surface area contributed by atoms with Crippen LogP contribution in [0.15, 0.2) is 36.5 Å². The molecule has 0 saturated heterocycles. The molecule has 1 rings (SSSR count). The van der Waals surface area contributed by atoms with Crippen LogP contribution in [0.1, 0.15) is 6.92 Å². The average Bonchev–Trinajstić information content (AvgIpc) is 2.16. The highest BCUT2D eigenvalue weighted by Gasteiger charge is 2.06. The van der Waals surface area contributed by atoms with Gasteiger partial charge in [-0.05, 0) is 25.1 Å². The van der Waals surface area contributed by atoms with Gasteiger partial charge in [-0.3, -0.25) is 4.79 Å². The fraction of sp³-hybridized carbons (Fsp3) is 0.250. The molecule has 86 valence electrons. The van der Waals surface area contributed by atoms with E-state index in [-0.39, 0.29) is 12.5 Å². The lowest BCUT2D eigenvalue weighted by Crippen LogP contribution is -2.28. The van der Waals surface area contributed by atoms with Crippen molar-refractivity contribution in [1.29, 1.82) is 0 Å². The number of nitrogens with zero attached hydrogens (tertiary/aromatic N) is 1. The molecule has 0 bridgehead atoms. The van der Waals surface area contributed by atoms with E-state index in [1.807, 2.05) is 14.0 Å². The monoisotopic (exact) mass is 219 g/mol. The summed E-state index contributed by atoms with van der Waals surface area (Å²) >= 11 is 0. The van der Waals surface area contributed by atoms with Gasteiger partial charge in [0.2, 0.25) is 5.91 Å². The maximum Gasteiger partial charge on any atom is 0.243 e. The van der Waals surface area contributed by atoms with Gasteiger partial charge in [0.05, 0.1) is 6.54 Å². The van der Waals surface area contributed by atoms with E-state index in [0.717, 1.165) is 5.70 Å². The Hall–Kier alpha value is -1.97. The van der Waals surface area contributed by atoms with Gasteiger partial charge in [-0.2, -0.15) is 0 Å². The SMILES string of the molecule is C=C(C)N(C)CC(=O)Nc1cccc(N)c1. The Morgan fingerprint density at radius 1 is 1.56 bits per heavy atom. The van der Waals surface area contributed by atoms with Crippen LogP contribution in [0.5, 0.6) is 0 Å². The molecule has 0 aliphatic heterocycles. The molecule has 0 heterocycles. The molecular formula is C12H17N3O. The van der Waals surface area contributed by atoms with Crippen molar-refractivity contribution in [3.63, 3.8) is 0 Å². The van der Waals surface area contributed by atoms with Crippen molar-refractivity contribution in [2.75, 3.05) is 24.6 Å². The molecule has 1 amide bonds. The number of benzene rings is 1. The lowest BCUT2D eigenvalue weighted by molar-refractivity contribution is -0.116. The average molecular weight is 219 g/mol. The minimum absolute atomic E-state index is 0.0869. The summed E-state index contributed by atoms with van der Waals surface area (Å²) < 4.78 is 0. The maximum atomic E-state index is 11.6. The molecule has 0 saturated carbocycles. The van der Waals surface area contributed by atoms with E-state index in [1.165, 1.54) is 0 Å². The largest absolute Gasteiger partial charge is 0.399 e. The van der Waals surface area contributed by atoms with Gasteiger partial charge in [-0.1, -0.05) is 12.6 Å². The third kappa shape index (κ3) is 3.65. The second-order valence-electron chi connectivity index (χ2n) is 3.76. The van der Waals surface area contributed by atoms with Crippen molar-refractivity contribution in [3.05, 3.63) is 36.5 Å². The van der Waals surface area contributed by atoms with Gasteiger partial charge < -0.3 is 16.0 Å². The van der Waals surface area contributed by atoms with Gasteiger partial charge in [0.15, 0.2) is 0 Å². The summed E-state index contributed by atoms with van der Waals surface area (Å²) in [6.07, 6.45) is 0. The molecular weight excluding hydrogens is 202 g/mol. The summed E-state index contributed by atoms with van der Waals surface area (Å²) in [5.41, 5.74) is 7.80. The van der Waals surface area contributed by atoms with Crippen molar-refractivity contribution in [1.82, 2.24) is 4.90 Å². The zero-order valence-corrected chi connectivity index (χ0v) is 9.66. The highest BCUT2D eigenvalue weighted by Crippen LogP contribution is 2.11. The molecule has 0 aliphatic carbocycles. The quantitative estimate of drug-likeness (QED) is 0.757. The molecule has 1 aromatic carbocycles. The Bertz CT molecular complexity index is 401. The zero-order valence-electron chi connectivity index (χ0n) is 9.66. The van der Waals surface area contributed by atoms with Crippen molar-refractivity contribution in [3.8, 4) is 0 Å². The minimum Gasteiger partial charge on any atom is -0.399 e. The number of nitrogens with two attached hydrogens (primary N) is 1.